The highest BCUT2D eigenvalue weighted by molar-refractivity contribution is 8.00. The van der Waals surface area contributed by atoms with Crippen molar-refractivity contribution in [1.29, 1.82) is 0 Å². The third-order valence-corrected chi connectivity index (χ3v) is 3.69. The minimum atomic E-state index is -0.855. The zero-order valence-electron chi connectivity index (χ0n) is 11.1. The maximum Gasteiger partial charge on any atom is 0.318 e. The van der Waals surface area contributed by atoms with Crippen LogP contribution in [0.5, 0.6) is 0 Å². The van der Waals surface area contributed by atoms with Crippen LogP contribution in [-0.2, 0) is 4.79 Å². The number of hydrogen-bond acceptors (Lipinski definition) is 5. The summed E-state index contributed by atoms with van der Waals surface area (Å²) in [6, 6.07) is 6.72. The van der Waals surface area contributed by atoms with Gasteiger partial charge in [-0.15, -0.1) is 0 Å². The Morgan fingerprint density at radius 3 is 2.70 bits per heavy atom. The van der Waals surface area contributed by atoms with Gasteiger partial charge < -0.3 is 5.73 Å². The van der Waals surface area contributed by atoms with Gasteiger partial charge >= 0.3 is 6.03 Å². The Bertz CT molecular complexity index is 674. The van der Waals surface area contributed by atoms with Crippen LogP contribution < -0.4 is 11.1 Å². The predicted molar refractivity (Wildman–Crippen MR) is 77.3 cm³/mol. The first-order chi connectivity index (χ1) is 9.47. The first-order valence-corrected chi connectivity index (χ1v) is 6.85. The monoisotopic (exact) mass is 290 g/mol. The Labute approximate surface area is 120 Å². The van der Waals surface area contributed by atoms with E-state index in [1.54, 1.807) is 13.8 Å². The lowest BCUT2D eigenvalue weighted by Crippen LogP contribution is -2.39. The molecule has 3 N–H and O–H groups in total. The molecule has 1 atom stereocenters. The number of aromatic nitrogens is 2. The zero-order chi connectivity index (χ0) is 14.7. The normalized spacial score (nSPS) is 12.1. The number of urea groups is 1. The van der Waals surface area contributed by atoms with Crippen LogP contribution in [0.15, 0.2) is 29.3 Å². The highest BCUT2D eigenvalue weighted by atomic mass is 32.2. The van der Waals surface area contributed by atoms with Gasteiger partial charge in [-0.05, 0) is 19.9 Å². The van der Waals surface area contributed by atoms with Crippen molar-refractivity contribution in [3.05, 3.63) is 30.1 Å². The van der Waals surface area contributed by atoms with Crippen LogP contribution in [0.1, 0.15) is 12.7 Å². The number of carbonyl (C=O) groups excluding carboxylic acids is 2. The largest absolute Gasteiger partial charge is 0.351 e. The van der Waals surface area contributed by atoms with Crippen molar-refractivity contribution in [3.63, 3.8) is 0 Å². The molecule has 0 fully saturated rings. The number of nitrogens with zero attached hydrogens (tertiary/aromatic N) is 2. The summed E-state index contributed by atoms with van der Waals surface area (Å²) in [6.07, 6.45) is 0. The van der Waals surface area contributed by atoms with Crippen molar-refractivity contribution < 1.29 is 9.59 Å². The molecule has 0 bridgehead atoms. The van der Waals surface area contributed by atoms with Gasteiger partial charge in [-0.1, -0.05) is 30.0 Å². The summed E-state index contributed by atoms with van der Waals surface area (Å²) < 4.78 is 0. The third-order valence-electron chi connectivity index (χ3n) is 2.58. The number of fused-ring (bicyclic) bond motifs is 1. The fourth-order valence-corrected chi connectivity index (χ4v) is 2.68. The van der Waals surface area contributed by atoms with Crippen molar-refractivity contribution in [3.8, 4) is 0 Å². The number of nitrogens with two attached hydrogens (primary N) is 1. The molecular formula is C13H14N4O2S. The second kappa shape index (κ2) is 5.87. The number of para-hydroxylation sites is 1. The molecular weight excluding hydrogens is 276 g/mol. The highest BCUT2D eigenvalue weighted by Gasteiger charge is 2.18. The molecule has 6 nitrogen and oxygen atoms in total. The van der Waals surface area contributed by atoms with E-state index in [2.05, 4.69) is 15.3 Å². The van der Waals surface area contributed by atoms with Crippen LogP contribution in [0.25, 0.3) is 10.9 Å². The molecule has 0 spiro atoms. The van der Waals surface area contributed by atoms with Crippen LogP contribution in [0, 0.1) is 6.92 Å². The molecule has 3 amide bonds. The van der Waals surface area contributed by atoms with Gasteiger partial charge in [0.2, 0.25) is 5.91 Å². The summed E-state index contributed by atoms with van der Waals surface area (Å²) in [4.78, 5) is 31.1. The van der Waals surface area contributed by atoms with E-state index in [0.29, 0.717) is 10.9 Å². The van der Waals surface area contributed by atoms with E-state index in [1.165, 1.54) is 11.8 Å². The summed E-state index contributed by atoms with van der Waals surface area (Å²) in [6.45, 7) is 3.49. The van der Waals surface area contributed by atoms with E-state index < -0.39 is 17.2 Å². The minimum Gasteiger partial charge on any atom is -0.351 e. The topological polar surface area (TPSA) is 98.0 Å². The smallest absolute Gasteiger partial charge is 0.318 e. The van der Waals surface area contributed by atoms with Gasteiger partial charge in [0.25, 0.3) is 0 Å². The summed E-state index contributed by atoms with van der Waals surface area (Å²) in [5, 5.41) is 3.16. The minimum absolute atomic E-state index is 0.442. The summed E-state index contributed by atoms with van der Waals surface area (Å²) in [7, 11) is 0. The van der Waals surface area contributed by atoms with Crippen LogP contribution >= 0.6 is 11.8 Å². The van der Waals surface area contributed by atoms with Gasteiger partial charge in [-0.2, -0.15) is 0 Å². The van der Waals surface area contributed by atoms with Crippen LogP contribution in [-0.4, -0.2) is 27.2 Å². The summed E-state index contributed by atoms with van der Waals surface area (Å²) in [5.74, 6) is 0.191. The Hall–Kier alpha value is -2.15. The van der Waals surface area contributed by atoms with E-state index in [9.17, 15) is 9.59 Å². The van der Waals surface area contributed by atoms with Crippen molar-refractivity contribution in [1.82, 2.24) is 15.3 Å². The lowest BCUT2D eigenvalue weighted by Gasteiger charge is -2.11. The third kappa shape index (κ3) is 3.24. The van der Waals surface area contributed by atoms with E-state index in [4.69, 9.17) is 5.73 Å². The first kappa shape index (κ1) is 14.3. The number of amides is 3. The Balaban J connectivity index is 2.29. The molecule has 0 aliphatic heterocycles. The predicted octanol–water partition coefficient (Wildman–Crippen LogP) is 1.61. The maximum atomic E-state index is 11.7. The molecule has 104 valence electrons. The molecule has 20 heavy (non-hydrogen) atoms. The molecule has 2 rings (SSSR count). The highest BCUT2D eigenvalue weighted by Crippen LogP contribution is 2.28. The number of primary amides is 1. The van der Waals surface area contributed by atoms with E-state index >= 15 is 0 Å². The van der Waals surface area contributed by atoms with Gasteiger partial charge in [-0.25, -0.2) is 14.8 Å². The van der Waals surface area contributed by atoms with E-state index in [-0.39, 0.29) is 0 Å². The standard InChI is InChI=1S/C13H14N4O2S/c1-7(11(18)17-13(14)19)20-12-9-5-3-4-6-10(9)15-8(2)16-12/h3-7H,1-2H3,(H3,14,17,18,19). The molecule has 1 unspecified atom stereocenters. The Morgan fingerprint density at radius 1 is 1.30 bits per heavy atom. The molecule has 1 aromatic heterocycles. The average Bonchev–Trinajstić information content (AvgIpc) is 2.37. The number of benzene rings is 1. The summed E-state index contributed by atoms with van der Waals surface area (Å²) >= 11 is 1.27. The molecule has 0 aliphatic carbocycles. The van der Waals surface area contributed by atoms with Gasteiger partial charge in [-0.3, -0.25) is 10.1 Å². The van der Waals surface area contributed by atoms with Crippen LogP contribution in [0.2, 0.25) is 0 Å². The fraction of sp³-hybridized carbons (Fsp3) is 0.231. The molecule has 0 saturated carbocycles. The molecule has 0 aliphatic rings. The van der Waals surface area contributed by atoms with Crippen molar-refractivity contribution >= 4 is 34.6 Å². The molecule has 2 aromatic rings. The SMILES string of the molecule is Cc1nc(SC(C)C(=O)NC(N)=O)c2ccccc2n1. The van der Waals surface area contributed by atoms with Gasteiger partial charge in [0.1, 0.15) is 10.9 Å². The number of imide groups is 1. The zero-order valence-corrected chi connectivity index (χ0v) is 11.9. The molecule has 7 heteroatoms. The van der Waals surface area contributed by atoms with Crippen LogP contribution in [0.3, 0.4) is 0 Å². The Morgan fingerprint density at radius 2 is 2.00 bits per heavy atom. The fourth-order valence-electron chi connectivity index (χ4n) is 1.69. The number of thioether (sulfide) groups is 1. The van der Waals surface area contributed by atoms with Crippen LogP contribution in [0.4, 0.5) is 4.79 Å². The number of carbonyl (C=O) groups is 2. The second-order valence-electron chi connectivity index (χ2n) is 4.21. The number of nitrogens with one attached hydrogen (secondary N) is 1. The van der Waals surface area contributed by atoms with E-state index in [0.717, 1.165) is 10.9 Å². The lowest BCUT2D eigenvalue weighted by molar-refractivity contribution is -0.119. The molecule has 1 heterocycles. The Kier molecular flexibility index (Phi) is 4.19. The number of hydrogen-bond donors (Lipinski definition) is 2. The van der Waals surface area contributed by atoms with Crippen molar-refractivity contribution in [2.24, 2.45) is 5.73 Å². The average molecular weight is 290 g/mol. The second-order valence-corrected chi connectivity index (χ2v) is 5.54. The lowest BCUT2D eigenvalue weighted by atomic mass is 10.2. The number of aryl methyl sites for hydroxylation is 1. The number of rotatable bonds is 3. The molecule has 0 radical (unpaired) electrons. The summed E-state index contributed by atoms with van der Waals surface area (Å²) in [5.41, 5.74) is 5.76. The van der Waals surface area contributed by atoms with Crippen molar-refractivity contribution in [2.45, 2.75) is 24.1 Å². The molecule has 1 aromatic carbocycles. The van der Waals surface area contributed by atoms with E-state index in [1.807, 2.05) is 24.3 Å². The van der Waals surface area contributed by atoms with Crippen molar-refractivity contribution in [2.75, 3.05) is 0 Å². The first-order valence-electron chi connectivity index (χ1n) is 5.97. The van der Waals surface area contributed by atoms with Gasteiger partial charge in [0.15, 0.2) is 0 Å². The molecule has 0 saturated heterocycles. The maximum absolute atomic E-state index is 11.7. The van der Waals surface area contributed by atoms with Gasteiger partial charge in [0, 0.05) is 5.39 Å². The quantitative estimate of drug-likeness (QED) is 0.661. The van der Waals surface area contributed by atoms with Gasteiger partial charge in [0.05, 0.1) is 10.8 Å².